The third kappa shape index (κ3) is 6.55. The lowest BCUT2D eigenvalue weighted by Crippen LogP contribution is -2.59. The maximum atomic E-state index is 15.6. The van der Waals surface area contributed by atoms with E-state index in [2.05, 4.69) is 11.9 Å². The van der Waals surface area contributed by atoms with Gasteiger partial charge in [-0.1, -0.05) is 30.9 Å². The summed E-state index contributed by atoms with van der Waals surface area (Å²) >= 11 is 0. The van der Waals surface area contributed by atoms with Crippen LogP contribution in [0, 0.1) is 5.82 Å². The van der Waals surface area contributed by atoms with Crippen LogP contribution in [0.3, 0.4) is 0 Å². The van der Waals surface area contributed by atoms with Gasteiger partial charge in [0.2, 0.25) is 11.8 Å². The highest BCUT2D eigenvalue weighted by Gasteiger charge is 2.44. The van der Waals surface area contributed by atoms with Crippen LogP contribution in [0.2, 0.25) is 0 Å². The van der Waals surface area contributed by atoms with Gasteiger partial charge in [0, 0.05) is 32.0 Å². The number of allylic oxidation sites excluding steroid dienone is 3. The van der Waals surface area contributed by atoms with Gasteiger partial charge < -0.3 is 10.2 Å². The third-order valence-corrected chi connectivity index (χ3v) is 7.65. The fourth-order valence-corrected chi connectivity index (χ4v) is 5.15. The topological polar surface area (TPSA) is 52.7 Å². The minimum Gasteiger partial charge on any atom is -0.351 e. The van der Waals surface area contributed by atoms with E-state index >= 15 is 4.39 Å². The molecule has 1 saturated heterocycles. The second-order valence-corrected chi connectivity index (χ2v) is 10.6. The molecule has 2 saturated carbocycles. The van der Waals surface area contributed by atoms with Crippen LogP contribution >= 0.6 is 0 Å². The van der Waals surface area contributed by atoms with Crippen LogP contribution in [0.5, 0.6) is 0 Å². The molecule has 3 aliphatic rings. The number of nitrogens with one attached hydrogen (secondary N) is 1. The van der Waals surface area contributed by atoms with Crippen molar-refractivity contribution >= 4 is 17.6 Å². The number of carbonyl (C=O) groups is 2. The van der Waals surface area contributed by atoms with Gasteiger partial charge in [-0.15, -0.1) is 0 Å². The summed E-state index contributed by atoms with van der Waals surface area (Å²) in [6, 6.07) is 0.614. The first-order valence-corrected chi connectivity index (χ1v) is 13.5. The minimum absolute atomic E-state index is 0.0931. The van der Waals surface area contributed by atoms with Gasteiger partial charge in [0.05, 0.1) is 11.3 Å². The number of anilines is 1. The summed E-state index contributed by atoms with van der Waals surface area (Å²) in [4.78, 5) is 29.7. The molecule has 1 atom stereocenters. The molecule has 1 aliphatic heterocycles. The van der Waals surface area contributed by atoms with Crippen LogP contribution in [0.25, 0.3) is 0 Å². The number of hydrogen-bond acceptors (Lipinski definition) is 2. The van der Waals surface area contributed by atoms with Crippen molar-refractivity contribution in [3.8, 4) is 0 Å². The maximum absolute atomic E-state index is 15.6. The SMILES string of the molecule is C=C/C(=C(\C=C/C)C(F)(F)F)C(C(=O)NC1CCC(F)(F)CC1)N(C(=O)N1CCC1)c1ccc(C2CC2)cc1F. The highest BCUT2D eigenvalue weighted by molar-refractivity contribution is 6.02. The van der Waals surface area contributed by atoms with Crippen molar-refractivity contribution in [2.75, 3.05) is 18.0 Å². The number of nitrogens with zero attached hydrogens (tertiary/aromatic N) is 2. The number of rotatable bonds is 8. The zero-order chi connectivity index (χ0) is 29.2. The van der Waals surface area contributed by atoms with Gasteiger partial charge in [-0.05, 0) is 68.2 Å². The molecule has 218 valence electrons. The van der Waals surface area contributed by atoms with Gasteiger partial charge in [-0.2, -0.15) is 13.2 Å². The Morgan fingerprint density at radius 1 is 1.15 bits per heavy atom. The van der Waals surface area contributed by atoms with Gasteiger partial charge in [0.1, 0.15) is 11.9 Å². The summed E-state index contributed by atoms with van der Waals surface area (Å²) in [5, 5.41) is 2.58. The number of amides is 3. The highest BCUT2D eigenvalue weighted by Crippen LogP contribution is 2.42. The van der Waals surface area contributed by atoms with Gasteiger partial charge in [0.15, 0.2) is 0 Å². The van der Waals surface area contributed by atoms with E-state index in [0.717, 1.165) is 36.0 Å². The molecule has 4 rings (SSSR count). The smallest absolute Gasteiger partial charge is 0.351 e. The zero-order valence-corrected chi connectivity index (χ0v) is 22.2. The Morgan fingerprint density at radius 2 is 1.80 bits per heavy atom. The number of hydrogen-bond donors (Lipinski definition) is 1. The Hall–Kier alpha value is -3.24. The van der Waals surface area contributed by atoms with Gasteiger partial charge >= 0.3 is 12.2 Å². The molecule has 1 aromatic carbocycles. The molecule has 0 radical (unpaired) electrons. The minimum atomic E-state index is -4.94. The molecule has 1 unspecified atom stereocenters. The first kappa shape index (κ1) is 29.7. The second-order valence-electron chi connectivity index (χ2n) is 10.6. The van der Waals surface area contributed by atoms with Crippen molar-refractivity contribution < 1.29 is 35.9 Å². The lowest BCUT2D eigenvalue weighted by Gasteiger charge is -2.40. The number of benzene rings is 1. The van der Waals surface area contributed by atoms with E-state index in [-0.39, 0.29) is 37.5 Å². The fraction of sp³-hybridized carbons (Fsp3) is 0.517. The van der Waals surface area contributed by atoms with Crippen LogP contribution in [0.15, 0.2) is 54.2 Å². The zero-order valence-electron chi connectivity index (χ0n) is 22.2. The molecule has 3 amide bonds. The summed E-state index contributed by atoms with van der Waals surface area (Å²) in [6.07, 6.45) is -0.977. The molecule has 5 nitrogen and oxygen atoms in total. The molecule has 1 N–H and O–H groups in total. The van der Waals surface area contributed by atoms with Crippen molar-refractivity contribution in [3.63, 3.8) is 0 Å². The molecule has 0 spiro atoms. The van der Waals surface area contributed by atoms with Gasteiger partial charge in [0.25, 0.3) is 0 Å². The largest absolute Gasteiger partial charge is 0.416 e. The van der Waals surface area contributed by atoms with Crippen molar-refractivity contribution in [1.29, 1.82) is 0 Å². The molecule has 1 heterocycles. The van der Waals surface area contributed by atoms with Crippen LogP contribution in [0.1, 0.15) is 63.4 Å². The van der Waals surface area contributed by atoms with E-state index in [1.165, 1.54) is 24.0 Å². The van der Waals surface area contributed by atoms with Crippen LogP contribution in [-0.2, 0) is 4.79 Å². The number of likely N-dealkylation sites (tertiary alicyclic amines) is 1. The van der Waals surface area contributed by atoms with E-state index in [1.807, 2.05) is 0 Å². The Morgan fingerprint density at radius 3 is 2.27 bits per heavy atom. The van der Waals surface area contributed by atoms with E-state index in [4.69, 9.17) is 0 Å². The number of halogens is 6. The molecule has 1 aromatic rings. The van der Waals surface area contributed by atoms with Crippen molar-refractivity contribution in [1.82, 2.24) is 10.2 Å². The molecule has 0 aromatic heterocycles. The maximum Gasteiger partial charge on any atom is 0.416 e. The Bertz CT molecular complexity index is 1190. The molecule has 0 bridgehead atoms. The highest BCUT2D eigenvalue weighted by atomic mass is 19.4. The fourth-order valence-electron chi connectivity index (χ4n) is 5.15. The van der Waals surface area contributed by atoms with E-state index < -0.39 is 65.9 Å². The summed E-state index contributed by atoms with van der Waals surface area (Å²) in [5.74, 6) is -4.61. The average Bonchev–Trinajstić information content (AvgIpc) is 3.69. The molecular formula is C29H33F6N3O2. The summed E-state index contributed by atoms with van der Waals surface area (Å²) in [7, 11) is 0. The Labute approximate surface area is 229 Å². The third-order valence-electron chi connectivity index (χ3n) is 7.65. The second kappa shape index (κ2) is 11.7. The normalized spacial score (nSPS) is 20.9. The summed E-state index contributed by atoms with van der Waals surface area (Å²) in [6.45, 7) is 5.45. The molecular weight excluding hydrogens is 536 g/mol. The van der Waals surface area contributed by atoms with Crippen LogP contribution in [-0.4, -0.2) is 54.1 Å². The van der Waals surface area contributed by atoms with E-state index in [1.54, 1.807) is 6.07 Å². The number of urea groups is 1. The van der Waals surface area contributed by atoms with Crippen LogP contribution < -0.4 is 10.2 Å². The predicted molar refractivity (Wildman–Crippen MR) is 140 cm³/mol. The summed E-state index contributed by atoms with van der Waals surface area (Å²) < 4.78 is 86.0. The first-order valence-electron chi connectivity index (χ1n) is 13.5. The van der Waals surface area contributed by atoms with Gasteiger partial charge in [-0.3, -0.25) is 9.69 Å². The van der Waals surface area contributed by atoms with Crippen molar-refractivity contribution in [2.24, 2.45) is 0 Å². The molecule has 40 heavy (non-hydrogen) atoms. The van der Waals surface area contributed by atoms with Gasteiger partial charge in [-0.25, -0.2) is 18.0 Å². The number of alkyl halides is 5. The lowest BCUT2D eigenvalue weighted by molar-refractivity contribution is -0.123. The van der Waals surface area contributed by atoms with Crippen molar-refractivity contribution in [2.45, 2.75) is 82.0 Å². The average molecular weight is 570 g/mol. The number of carbonyl (C=O) groups excluding carboxylic acids is 2. The molecule has 11 heteroatoms. The standard InChI is InChI=1S/C29H33F6N3O2/c1-3-6-22(29(33,34)35)21(4-2)25(26(39)36-20-11-13-28(31,32)14-12-20)38(27(40)37-15-5-16-37)24-10-9-19(17-23(24)30)18-7-8-18/h3-4,6,9-10,17-18,20,25H,2,5,7-8,11-16H2,1H3,(H,36,39)/b6-3-,22-21-. The Kier molecular flexibility index (Phi) is 8.70. The first-order chi connectivity index (χ1) is 18.9. The summed E-state index contributed by atoms with van der Waals surface area (Å²) in [5.41, 5.74) is -1.52. The van der Waals surface area contributed by atoms with Crippen LogP contribution in [0.4, 0.5) is 36.8 Å². The quantitative estimate of drug-likeness (QED) is 0.270. The van der Waals surface area contributed by atoms with E-state index in [0.29, 0.717) is 12.0 Å². The van der Waals surface area contributed by atoms with Crippen molar-refractivity contribution in [3.05, 3.63) is 65.5 Å². The lowest BCUT2D eigenvalue weighted by atomic mass is 9.91. The Balaban J connectivity index is 1.85. The van der Waals surface area contributed by atoms with E-state index in [9.17, 15) is 31.5 Å². The molecule has 2 aliphatic carbocycles. The predicted octanol–water partition coefficient (Wildman–Crippen LogP) is 7.02. The molecule has 3 fully saturated rings. The monoisotopic (exact) mass is 569 g/mol.